The number of hydrogen-bond acceptors (Lipinski definition) is 3. The lowest BCUT2D eigenvalue weighted by Crippen LogP contribution is -2.14. The molecule has 5 rings (SSSR count). The number of rotatable bonds is 4. The Balaban J connectivity index is 1.64. The molecule has 0 aromatic heterocycles. The van der Waals surface area contributed by atoms with E-state index in [2.05, 4.69) is 44.2 Å². The van der Waals surface area contributed by atoms with Gasteiger partial charge < -0.3 is 9.47 Å². The van der Waals surface area contributed by atoms with Gasteiger partial charge in [-0.3, -0.25) is 0 Å². The monoisotopic (exact) mass is 420 g/mol. The number of benzene rings is 5. The van der Waals surface area contributed by atoms with Crippen molar-refractivity contribution in [3.63, 3.8) is 0 Å². The standard InChI is InChI=1S/C29H24O3/c1-3-19-11-8-16-24-25(19)18-22-14-7-12-20(4-2)27(22)28(24)32-29(30)31-26-17-9-13-21-10-5-6-15-23(21)26/h5-18H,3-4H2,1-2H3. The zero-order chi connectivity index (χ0) is 22.1. The minimum absolute atomic E-state index is 0.489. The fourth-order valence-corrected chi connectivity index (χ4v) is 4.48. The Bertz CT molecular complexity index is 1460. The van der Waals surface area contributed by atoms with Crippen LogP contribution >= 0.6 is 0 Å². The highest BCUT2D eigenvalue weighted by atomic mass is 16.7. The zero-order valence-electron chi connectivity index (χ0n) is 18.2. The third kappa shape index (κ3) is 3.46. The van der Waals surface area contributed by atoms with Gasteiger partial charge in [-0.15, -0.1) is 0 Å². The largest absolute Gasteiger partial charge is 0.519 e. The molecule has 0 N–H and O–H groups in total. The Hall–Kier alpha value is -3.85. The molecule has 0 saturated carbocycles. The topological polar surface area (TPSA) is 35.5 Å². The SMILES string of the molecule is CCc1cccc2c(OC(=O)Oc3cccc4ccccc34)c3c(CC)cccc3cc12. The molecule has 3 heteroatoms. The first kappa shape index (κ1) is 20.1. The van der Waals surface area contributed by atoms with Gasteiger partial charge in [0.25, 0.3) is 0 Å². The summed E-state index contributed by atoms with van der Waals surface area (Å²) in [6.45, 7) is 4.25. The van der Waals surface area contributed by atoms with Crippen LogP contribution in [0.25, 0.3) is 32.3 Å². The van der Waals surface area contributed by atoms with Gasteiger partial charge in [0, 0.05) is 16.2 Å². The summed E-state index contributed by atoms with van der Waals surface area (Å²) in [5.74, 6) is 1.05. The Labute approximate surface area is 187 Å². The Morgan fingerprint density at radius 2 is 1.31 bits per heavy atom. The summed E-state index contributed by atoms with van der Waals surface area (Å²) in [7, 11) is 0. The number of carbonyl (C=O) groups excluding carboxylic acids is 1. The van der Waals surface area contributed by atoms with Crippen LogP contribution in [0.15, 0.2) is 84.9 Å². The predicted molar refractivity (Wildman–Crippen MR) is 131 cm³/mol. The molecular formula is C29H24O3. The second kappa shape index (κ2) is 8.35. The van der Waals surface area contributed by atoms with Gasteiger partial charge >= 0.3 is 6.16 Å². The van der Waals surface area contributed by atoms with Gasteiger partial charge in [-0.1, -0.05) is 86.6 Å². The van der Waals surface area contributed by atoms with E-state index in [1.54, 1.807) is 6.07 Å². The number of carbonyl (C=O) groups is 1. The van der Waals surface area contributed by atoms with Crippen molar-refractivity contribution >= 4 is 38.5 Å². The Morgan fingerprint density at radius 3 is 2.16 bits per heavy atom. The fourth-order valence-electron chi connectivity index (χ4n) is 4.48. The van der Waals surface area contributed by atoms with Gasteiger partial charge in [0.1, 0.15) is 11.5 Å². The minimum atomic E-state index is -0.733. The van der Waals surface area contributed by atoms with Crippen molar-refractivity contribution in [2.24, 2.45) is 0 Å². The lowest BCUT2D eigenvalue weighted by atomic mass is 9.94. The molecule has 0 fully saturated rings. The van der Waals surface area contributed by atoms with Gasteiger partial charge in [0.05, 0.1) is 0 Å². The maximum atomic E-state index is 13.0. The number of ether oxygens (including phenoxy) is 2. The molecule has 0 aliphatic rings. The number of hydrogen-bond donors (Lipinski definition) is 0. The molecule has 0 saturated heterocycles. The number of fused-ring (bicyclic) bond motifs is 3. The lowest BCUT2D eigenvalue weighted by Gasteiger charge is -2.16. The molecule has 0 aliphatic carbocycles. The first-order chi connectivity index (χ1) is 15.7. The van der Waals surface area contributed by atoms with E-state index in [0.717, 1.165) is 50.7 Å². The molecule has 0 aliphatic heterocycles. The van der Waals surface area contributed by atoms with E-state index >= 15 is 0 Å². The minimum Gasteiger partial charge on any atom is -0.394 e. The maximum Gasteiger partial charge on any atom is 0.519 e. The summed E-state index contributed by atoms with van der Waals surface area (Å²) in [5, 5.41) is 5.93. The van der Waals surface area contributed by atoms with Crippen LogP contribution in [0.3, 0.4) is 0 Å². The van der Waals surface area contributed by atoms with Crippen LogP contribution in [-0.4, -0.2) is 6.16 Å². The Morgan fingerprint density at radius 1 is 0.656 bits per heavy atom. The van der Waals surface area contributed by atoms with Gasteiger partial charge in [-0.2, -0.15) is 0 Å². The normalized spacial score (nSPS) is 11.2. The molecule has 5 aromatic carbocycles. The van der Waals surface area contributed by atoms with Crippen molar-refractivity contribution in [2.75, 3.05) is 0 Å². The third-order valence-corrected chi connectivity index (χ3v) is 6.04. The van der Waals surface area contributed by atoms with E-state index < -0.39 is 6.16 Å². The molecule has 0 bridgehead atoms. The summed E-state index contributed by atoms with van der Waals surface area (Å²) in [5.41, 5.74) is 2.36. The molecular weight excluding hydrogens is 396 g/mol. The molecule has 158 valence electrons. The van der Waals surface area contributed by atoms with E-state index in [0.29, 0.717) is 11.5 Å². The summed E-state index contributed by atoms with van der Waals surface area (Å²) < 4.78 is 11.7. The van der Waals surface area contributed by atoms with Crippen LogP contribution in [-0.2, 0) is 12.8 Å². The van der Waals surface area contributed by atoms with E-state index in [1.807, 2.05) is 48.5 Å². The van der Waals surface area contributed by atoms with Crippen LogP contribution in [0, 0.1) is 0 Å². The molecule has 0 heterocycles. The summed E-state index contributed by atoms with van der Waals surface area (Å²) in [6, 6.07) is 28.0. The Kier molecular flexibility index (Phi) is 5.24. The second-order valence-corrected chi connectivity index (χ2v) is 7.87. The van der Waals surface area contributed by atoms with Gasteiger partial charge in [0.15, 0.2) is 0 Å². The predicted octanol–water partition coefficient (Wildman–Crippen LogP) is 7.85. The molecule has 3 nitrogen and oxygen atoms in total. The highest BCUT2D eigenvalue weighted by molar-refractivity contribution is 6.08. The van der Waals surface area contributed by atoms with Crippen LogP contribution < -0.4 is 9.47 Å². The average molecular weight is 421 g/mol. The summed E-state index contributed by atoms with van der Waals surface area (Å²) >= 11 is 0. The third-order valence-electron chi connectivity index (χ3n) is 6.04. The van der Waals surface area contributed by atoms with Crippen molar-refractivity contribution in [2.45, 2.75) is 26.7 Å². The molecule has 32 heavy (non-hydrogen) atoms. The van der Waals surface area contributed by atoms with Crippen LogP contribution in [0.4, 0.5) is 4.79 Å². The first-order valence-electron chi connectivity index (χ1n) is 11.0. The highest BCUT2D eigenvalue weighted by Crippen LogP contribution is 2.39. The van der Waals surface area contributed by atoms with Crippen molar-refractivity contribution in [3.8, 4) is 11.5 Å². The molecule has 0 spiro atoms. The molecule has 0 radical (unpaired) electrons. The van der Waals surface area contributed by atoms with Crippen molar-refractivity contribution in [3.05, 3.63) is 96.1 Å². The molecule has 5 aromatic rings. The van der Waals surface area contributed by atoms with Crippen molar-refractivity contribution in [1.82, 2.24) is 0 Å². The first-order valence-corrected chi connectivity index (χ1v) is 11.0. The van der Waals surface area contributed by atoms with Gasteiger partial charge in [-0.05, 0) is 52.3 Å². The van der Waals surface area contributed by atoms with Gasteiger partial charge in [-0.25, -0.2) is 4.79 Å². The lowest BCUT2D eigenvalue weighted by molar-refractivity contribution is 0.153. The molecule has 0 unspecified atom stereocenters. The van der Waals surface area contributed by atoms with E-state index in [-0.39, 0.29) is 0 Å². The quantitative estimate of drug-likeness (QED) is 0.169. The smallest absolute Gasteiger partial charge is 0.394 e. The average Bonchev–Trinajstić information content (AvgIpc) is 2.83. The van der Waals surface area contributed by atoms with E-state index in [9.17, 15) is 4.79 Å². The van der Waals surface area contributed by atoms with Crippen molar-refractivity contribution in [1.29, 1.82) is 0 Å². The number of aryl methyl sites for hydroxylation is 2. The van der Waals surface area contributed by atoms with E-state index in [4.69, 9.17) is 9.47 Å². The van der Waals surface area contributed by atoms with Crippen LogP contribution in [0.2, 0.25) is 0 Å². The summed E-state index contributed by atoms with van der Waals surface area (Å²) in [4.78, 5) is 13.0. The van der Waals surface area contributed by atoms with Crippen LogP contribution in [0.1, 0.15) is 25.0 Å². The van der Waals surface area contributed by atoms with Crippen LogP contribution in [0.5, 0.6) is 11.5 Å². The summed E-state index contributed by atoms with van der Waals surface area (Å²) in [6.07, 6.45) is 1.00. The second-order valence-electron chi connectivity index (χ2n) is 7.87. The van der Waals surface area contributed by atoms with Gasteiger partial charge in [0.2, 0.25) is 0 Å². The molecule has 0 amide bonds. The fraction of sp³-hybridized carbons (Fsp3) is 0.138. The molecule has 0 atom stereocenters. The highest BCUT2D eigenvalue weighted by Gasteiger charge is 2.18. The van der Waals surface area contributed by atoms with E-state index in [1.165, 1.54) is 5.56 Å². The van der Waals surface area contributed by atoms with Crippen molar-refractivity contribution < 1.29 is 14.3 Å². The zero-order valence-corrected chi connectivity index (χ0v) is 18.2. The maximum absolute atomic E-state index is 13.0.